The molecule has 0 saturated carbocycles. The van der Waals surface area contributed by atoms with Crippen molar-refractivity contribution in [2.75, 3.05) is 20.8 Å². The van der Waals surface area contributed by atoms with Crippen LogP contribution in [0.5, 0.6) is 0 Å². The Morgan fingerprint density at radius 3 is 2.07 bits per heavy atom. The van der Waals surface area contributed by atoms with E-state index in [4.69, 9.17) is 4.74 Å². The predicted molar refractivity (Wildman–Crippen MR) is 45.1 cm³/mol. The second-order valence-corrected chi connectivity index (χ2v) is 2.81. The van der Waals surface area contributed by atoms with Gasteiger partial charge in [-0.15, -0.1) is 0 Å². The molecule has 0 aliphatic rings. The highest BCUT2D eigenvalue weighted by molar-refractivity contribution is 4.77. The third kappa shape index (κ3) is 3.94. The van der Waals surface area contributed by atoms with Gasteiger partial charge in [0.15, 0.2) is 6.29 Å². The molecule has 0 aromatic heterocycles. The molecule has 2 unspecified atom stereocenters. The molecule has 0 fully saturated rings. The summed E-state index contributed by atoms with van der Waals surface area (Å²) in [7, 11) is 1.96. The van der Waals surface area contributed by atoms with Gasteiger partial charge in [0.2, 0.25) is 0 Å². The van der Waals surface area contributed by atoms with E-state index in [2.05, 4.69) is 9.47 Å². The molecule has 0 saturated heterocycles. The molecule has 1 N–H and O–H groups in total. The molecule has 0 spiro atoms. The Hall–Kier alpha value is -0.370. The zero-order valence-electron chi connectivity index (χ0n) is 8.80. The number of hydrogen-bond donors (Lipinski definition) is 1. The largest absolute Gasteiger partial charge is 0.443 e. The molecule has 4 nitrogen and oxygen atoms in total. The Balaban J connectivity index is 4.54. The summed E-state index contributed by atoms with van der Waals surface area (Å²) in [6.07, 6.45) is -6.89. The summed E-state index contributed by atoms with van der Waals surface area (Å²) >= 11 is 0. The predicted octanol–water partition coefficient (Wildman–Crippen LogP) is 1.28. The van der Waals surface area contributed by atoms with Crippen LogP contribution in [0.3, 0.4) is 0 Å². The maximum atomic E-state index is 12.4. The first kappa shape index (κ1) is 14.6. The summed E-state index contributed by atoms with van der Waals surface area (Å²) in [5.74, 6) is -3.25. The maximum Gasteiger partial charge on any atom is 0.443 e. The van der Waals surface area contributed by atoms with E-state index >= 15 is 0 Å². The molecule has 92 valence electrons. The molecule has 7 heteroatoms. The Kier molecular flexibility index (Phi) is 5.50. The van der Waals surface area contributed by atoms with Crippen molar-refractivity contribution in [1.29, 1.82) is 0 Å². The summed E-state index contributed by atoms with van der Waals surface area (Å²) in [5, 5.41) is 9.18. The van der Waals surface area contributed by atoms with Gasteiger partial charge in [0.1, 0.15) is 0 Å². The highest BCUT2D eigenvalue weighted by Gasteiger charge is 2.56. The lowest BCUT2D eigenvalue weighted by Crippen LogP contribution is -2.49. The molecule has 0 rings (SSSR count). The minimum Gasteiger partial charge on any atom is -0.358 e. The van der Waals surface area contributed by atoms with Crippen molar-refractivity contribution in [1.82, 2.24) is 0 Å². The lowest BCUT2D eigenvalue weighted by Gasteiger charge is -2.31. The van der Waals surface area contributed by atoms with Crippen LogP contribution in [0.15, 0.2) is 0 Å². The summed E-state index contributed by atoms with van der Waals surface area (Å²) in [6, 6.07) is 0. The van der Waals surface area contributed by atoms with Crippen LogP contribution >= 0.6 is 0 Å². The molecule has 0 bridgehead atoms. The molecule has 0 aliphatic heterocycles. The Morgan fingerprint density at radius 1 is 1.27 bits per heavy atom. The smallest absolute Gasteiger partial charge is 0.358 e. The molecule has 2 atom stereocenters. The number of halogens is 3. The van der Waals surface area contributed by atoms with Crippen LogP contribution in [-0.4, -0.2) is 44.2 Å². The molecule has 0 amide bonds. The van der Waals surface area contributed by atoms with Crippen LogP contribution < -0.4 is 0 Å². The first-order valence-electron chi connectivity index (χ1n) is 4.29. The molecule has 0 aliphatic carbocycles. The molecule has 0 radical (unpaired) electrons. The van der Waals surface area contributed by atoms with Gasteiger partial charge in [-0.25, -0.2) is 0 Å². The van der Waals surface area contributed by atoms with Gasteiger partial charge < -0.3 is 19.3 Å². The van der Waals surface area contributed by atoms with Gasteiger partial charge in [0.25, 0.3) is 5.79 Å². The minimum atomic E-state index is -4.89. The van der Waals surface area contributed by atoms with E-state index in [0.29, 0.717) is 0 Å². The fraction of sp³-hybridized carbons (Fsp3) is 1.00. The number of hydrogen-bond acceptors (Lipinski definition) is 4. The van der Waals surface area contributed by atoms with Crippen LogP contribution in [0.25, 0.3) is 0 Å². The van der Waals surface area contributed by atoms with Crippen molar-refractivity contribution in [3.63, 3.8) is 0 Å². The van der Waals surface area contributed by atoms with Crippen molar-refractivity contribution in [2.24, 2.45) is 0 Å². The molecule has 0 heterocycles. The van der Waals surface area contributed by atoms with Gasteiger partial charge in [-0.3, -0.25) is 0 Å². The molecule has 15 heavy (non-hydrogen) atoms. The van der Waals surface area contributed by atoms with E-state index in [1.807, 2.05) is 0 Å². The standard InChI is InChI=1S/C8H15F3O4/c1-4-15-6(13-2)5-7(12,14-3)8(9,10)11/h6,12H,4-5H2,1-3H3. The van der Waals surface area contributed by atoms with Crippen LogP contribution in [0.1, 0.15) is 13.3 Å². The van der Waals surface area contributed by atoms with E-state index < -0.39 is 24.7 Å². The number of alkyl halides is 3. The highest BCUT2D eigenvalue weighted by Crippen LogP contribution is 2.35. The second kappa shape index (κ2) is 5.64. The average Bonchev–Trinajstić information content (AvgIpc) is 2.15. The van der Waals surface area contributed by atoms with Gasteiger partial charge in [-0.2, -0.15) is 13.2 Å². The van der Waals surface area contributed by atoms with Crippen molar-refractivity contribution < 1.29 is 32.5 Å². The van der Waals surface area contributed by atoms with E-state index in [1.165, 1.54) is 7.11 Å². The van der Waals surface area contributed by atoms with Crippen molar-refractivity contribution in [3.05, 3.63) is 0 Å². The second-order valence-electron chi connectivity index (χ2n) is 2.81. The third-order valence-corrected chi connectivity index (χ3v) is 1.84. The topological polar surface area (TPSA) is 47.9 Å². The molecular weight excluding hydrogens is 217 g/mol. The minimum absolute atomic E-state index is 0.177. The van der Waals surface area contributed by atoms with E-state index in [0.717, 1.165) is 7.11 Å². The van der Waals surface area contributed by atoms with Gasteiger partial charge in [0, 0.05) is 20.8 Å². The van der Waals surface area contributed by atoms with Crippen molar-refractivity contribution >= 4 is 0 Å². The molecular formula is C8H15F3O4. The third-order valence-electron chi connectivity index (χ3n) is 1.84. The fourth-order valence-corrected chi connectivity index (χ4v) is 0.937. The first-order chi connectivity index (χ1) is 6.80. The van der Waals surface area contributed by atoms with Crippen LogP contribution in [0.2, 0.25) is 0 Å². The maximum absolute atomic E-state index is 12.4. The van der Waals surface area contributed by atoms with Gasteiger partial charge in [-0.05, 0) is 6.92 Å². The summed E-state index contributed by atoms with van der Waals surface area (Å²) < 4.78 is 50.6. The first-order valence-corrected chi connectivity index (χ1v) is 4.29. The lowest BCUT2D eigenvalue weighted by atomic mass is 10.2. The van der Waals surface area contributed by atoms with E-state index in [-0.39, 0.29) is 6.61 Å². The Labute approximate surface area is 85.9 Å². The normalized spacial score (nSPS) is 18.6. The number of aliphatic hydroxyl groups is 1. The van der Waals surface area contributed by atoms with Crippen molar-refractivity contribution in [2.45, 2.75) is 31.6 Å². The zero-order chi connectivity index (χ0) is 12.1. The molecule has 0 aromatic carbocycles. The Bertz CT molecular complexity index is 185. The van der Waals surface area contributed by atoms with E-state index in [1.54, 1.807) is 6.92 Å². The van der Waals surface area contributed by atoms with E-state index in [9.17, 15) is 18.3 Å². The summed E-state index contributed by atoms with van der Waals surface area (Å²) in [5.41, 5.74) is 0. The fourth-order valence-electron chi connectivity index (χ4n) is 0.937. The highest BCUT2D eigenvalue weighted by atomic mass is 19.4. The monoisotopic (exact) mass is 232 g/mol. The number of methoxy groups -OCH3 is 2. The average molecular weight is 232 g/mol. The van der Waals surface area contributed by atoms with Gasteiger partial charge >= 0.3 is 6.18 Å². The quantitative estimate of drug-likeness (QED) is 0.701. The summed E-state index contributed by atoms with van der Waals surface area (Å²) in [6.45, 7) is 1.78. The zero-order valence-corrected chi connectivity index (χ0v) is 8.80. The number of rotatable bonds is 6. The van der Waals surface area contributed by atoms with Crippen molar-refractivity contribution in [3.8, 4) is 0 Å². The lowest BCUT2D eigenvalue weighted by molar-refractivity contribution is -0.374. The SMILES string of the molecule is CCOC(CC(O)(OC)C(F)(F)F)OC. The van der Waals surface area contributed by atoms with Gasteiger partial charge in [-0.1, -0.05) is 0 Å². The van der Waals surface area contributed by atoms with Crippen LogP contribution in [0.4, 0.5) is 13.2 Å². The number of ether oxygens (including phenoxy) is 3. The summed E-state index contributed by atoms with van der Waals surface area (Å²) in [4.78, 5) is 0. The van der Waals surface area contributed by atoms with Gasteiger partial charge in [0.05, 0.1) is 6.42 Å². The Morgan fingerprint density at radius 2 is 1.80 bits per heavy atom. The van der Waals surface area contributed by atoms with Crippen LogP contribution in [0, 0.1) is 0 Å². The molecule has 0 aromatic rings. The van der Waals surface area contributed by atoms with Crippen LogP contribution in [-0.2, 0) is 14.2 Å².